The van der Waals surface area contributed by atoms with Crippen LogP contribution in [0.2, 0.25) is 0 Å². The molecule has 0 spiro atoms. The molecule has 1 saturated heterocycles. The van der Waals surface area contributed by atoms with Crippen LogP contribution in [0.1, 0.15) is 129 Å². The van der Waals surface area contributed by atoms with Gasteiger partial charge in [-0.05, 0) is 69.9 Å². The van der Waals surface area contributed by atoms with Crippen molar-refractivity contribution in [2.45, 2.75) is 111 Å². The third-order valence-corrected chi connectivity index (χ3v) is 8.12. The van der Waals surface area contributed by atoms with E-state index in [2.05, 4.69) is 26.6 Å². The van der Waals surface area contributed by atoms with E-state index in [1.165, 1.54) is 18.2 Å². The highest BCUT2D eigenvalue weighted by molar-refractivity contribution is 6.03. The lowest BCUT2D eigenvalue weighted by atomic mass is 10.1. The van der Waals surface area contributed by atoms with Gasteiger partial charge in [0.15, 0.2) is 0 Å². The maximum absolute atomic E-state index is 12.1. The van der Waals surface area contributed by atoms with Crippen molar-refractivity contribution in [3.05, 3.63) is 70.8 Å². The number of nitrogens with zero attached hydrogens (tertiary/aromatic N) is 1. The Kier molecular flexibility index (Phi) is 37.9. The molecule has 0 bridgehead atoms. The van der Waals surface area contributed by atoms with Crippen LogP contribution in [0.25, 0.3) is 0 Å². The highest BCUT2D eigenvalue weighted by Crippen LogP contribution is 2.15. The Bertz CT molecular complexity index is 1930. The quantitative estimate of drug-likeness (QED) is 0.0462. The first kappa shape index (κ1) is 64.7. The average molecular weight is 963 g/mol. The molecular formula is C45H66N6O17. The molecule has 2 aromatic carbocycles. The molecule has 68 heavy (non-hydrogen) atoms. The molecule has 1 aliphatic heterocycles. The number of carbonyl (C=O) groups is 12. The van der Waals surface area contributed by atoms with Crippen LogP contribution >= 0.6 is 0 Å². The number of hydrogen-bond donors (Lipinski definition) is 9. The normalized spacial score (nSPS) is 11.5. The van der Waals surface area contributed by atoms with E-state index >= 15 is 0 Å². The molecule has 23 heteroatoms. The van der Waals surface area contributed by atoms with Gasteiger partial charge in [0.05, 0.1) is 12.1 Å². The van der Waals surface area contributed by atoms with Crippen LogP contribution in [-0.4, -0.2) is 136 Å². The number of hydrogen-bond acceptors (Lipinski definition) is 14. The standard InChI is InChI=1S/C22H30N4O8.C14H14N2O5.C3H6O2.C3H6O.C2H6.CH4O/c1-14-5-4-6-15(11-14)20(31)23-10-3-2-7-17(22(33)34)26-18(28)12-24-21(32)16(25-13-27)8-9-19(29)30;1-2-15-13(19)9-4-3-5-10(8-9)14(20)21-16-11(17)6-7-12(16)18;1-2-3(4)5;1-2-3-4;2*1-2/h4-6,11,13,16-17H,2-3,7-10,12H2,1H3,(H,23,31)(H,24,32)(H,25,27)(H,26,28)(H,29,30)(H,33,34);3-5,8H,2,6-7H2,1H3,(H,15,19);2H2,1H3,(H,4,5);3H,2H2,1H3;1-2H3;2H,1H3. The van der Waals surface area contributed by atoms with Crippen molar-refractivity contribution in [3.8, 4) is 0 Å². The fourth-order valence-corrected chi connectivity index (χ4v) is 4.84. The number of nitrogens with one attached hydrogen (secondary N) is 5. The fourth-order valence-electron chi connectivity index (χ4n) is 4.84. The number of carboxylic acid groups (broad SMARTS) is 3. The Morgan fingerprint density at radius 3 is 1.75 bits per heavy atom. The minimum Gasteiger partial charge on any atom is -0.481 e. The van der Waals surface area contributed by atoms with Gasteiger partial charge in [-0.3, -0.25) is 43.2 Å². The molecule has 7 amide bonds. The average Bonchev–Trinajstić information content (AvgIpc) is 3.65. The van der Waals surface area contributed by atoms with Crippen LogP contribution in [0, 0.1) is 6.92 Å². The summed E-state index contributed by atoms with van der Waals surface area (Å²) in [5.74, 6) is -7.16. The summed E-state index contributed by atoms with van der Waals surface area (Å²) in [6.45, 7) is 11.3. The lowest BCUT2D eigenvalue weighted by molar-refractivity contribution is -0.172. The Labute approximate surface area is 394 Å². The number of rotatable bonds is 22. The van der Waals surface area contributed by atoms with E-state index < -0.39 is 66.1 Å². The third-order valence-electron chi connectivity index (χ3n) is 8.12. The van der Waals surface area contributed by atoms with Crippen molar-refractivity contribution in [2.75, 3.05) is 26.7 Å². The number of aliphatic carboxylic acids is 3. The maximum atomic E-state index is 12.1. The number of aldehydes is 1. The Morgan fingerprint density at radius 1 is 0.735 bits per heavy atom. The van der Waals surface area contributed by atoms with Gasteiger partial charge in [-0.2, -0.15) is 0 Å². The van der Waals surface area contributed by atoms with E-state index in [1.807, 2.05) is 33.8 Å². The first-order valence-corrected chi connectivity index (χ1v) is 21.5. The van der Waals surface area contributed by atoms with E-state index in [4.69, 9.17) is 20.2 Å². The molecule has 2 aromatic rings. The second kappa shape index (κ2) is 39.8. The van der Waals surface area contributed by atoms with E-state index in [1.54, 1.807) is 38.1 Å². The first-order valence-electron chi connectivity index (χ1n) is 21.5. The molecule has 378 valence electrons. The van der Waals surface area contributed by atoms with E-state index in [0.29, 0.717) is 48.5 Å². The van der Waals surface area contributed by atoms with Gasteiger partial charge in [0.1, 0.15) is 18.4 Å². The molecular weight excluding hydrogens is 897 g/mol. The second-order valence-electron chi connectivity index (χ2n) is 13.3. The number of carbonyl (C=O) groups excluding carboxylic acids is 9. The predicted octanol–water partition coefficient (Wildman–Crippen LogP) is 1.93. The molecule has 23 nitrogen and oxygen atoms in total. The number of unbranched alkanes of at least 4 members (excludes halogenated alkanes) is 1. The first-order chi connectivity index (χ1) is 32.3. The van der Waals surface area contributed by atoms with Crippen LogP contribution in [0.5, 0.6) is 0 Å². The molecule has 9 N–H and O–H groups in total. The van der Waals surface area contributed by atoms with Crippen LogP contribution in [0.3, 0.4) is 0 Å². The second-order valence-corrected chi connectivity index (χ2v) is 13.3. The Balaban J connectivity index is -0.00000105. The zero-order valence-electron chi connectivity index (χ0n) is 39.5. The number of aliphatic hydroxyl groups is 1. The molecule has 1 fully saturated rings. The van der Waals surface area contributed by atoms with E-state index in [9.17, 15) is 62.6 Å². The maximum Gasteiger partial charge on any atom is 0.363 e. The third kappa shape index (κ3) is 29.8. The van der Waals surface area contributed by atoms with Crippen LogP contribution in [0.15, 0.2) is 48.5 Å². The number of aryl methyl sites for hydroxylation is 1. The summed E-state index contributed by atoms with van der Waals surface area (Å²) >= 11 is 0. The number of carboxylic acids is 3. The minimum atomic E-state index is -1.24. The van der Waals surface area contributed by atoms with Gasteiger partial charge in [-0.15, -0.1) is 5.06 Å². The van der Waals surface area contributed by atoms with Crippen molar-refractivity contribution < 1.29 is 82.8 Å². The summed E-state index contributed by atoms with van der Waals surface area (Å²) in [4.78, 5) is 138. The fraction of sp³-hybridized carbons (Fsp3) is 0.467. The van der Waals surface area contributed by atoms with Crippen LogP contribution in [-0.2, 0) is 48.0 Å². The SMILES string of the molecule is CC.CCC(=O)O.CCC=O.CCNC(=O)c1cccc(C(=O)ON2C(=O)CCC2=O)c1.CO.Cc1cccc(C(=O)NCCCCC(NC(=O)CNC(=O)C(CCC(=O)O)NC=O)C(=O)O)c1. The number of amides is 7. The van der Waals surface area contributed by atoms with Crippen molar-refractivity contribution in [1.29, 1.82) is 0 Å². The van der Waals surface area contributed by atoms with Gasteiger partial charge >= 0.3 is 23.9 Å². The van der Waals surface area contributed by atoms with Crippen LogP contribution < -0.4 is 26.6 Å². The van der Waals surface area contributed by atoms with Crippen LogP contribution in [0.4, 0.5) is 0 Å². The number of imide groups is 1. The van der Waals surface area contributed by atoms with Crippen molar-refractivity contribution in [1.82, 2.24) is 31.6 Å². The lowest BCUT2D eigenvalue weighted by Crippen LogP contribution is -2.49. The topological polar surface area (TPSA) is 358 Å². The molecule has 1 aliphatic rings. The summed E-state index contributed by atoms with van der Waals surface area (Å²) in [7, 11) is 1.00. The molecule has 1 heterocycles. The highest BCUT2D eigenvalue weighted by Gasteiger charge is 2.33. The predicted molar refractivity (Wildman–Crippen MR) is 245 cm³/mol. The van der Waals surface area contributed by atoms with Gasteiger partial charge in [-0.1, -0.05) is 51.5 Å². The Hall–Kier alpha value is -7.56. The molecule has 0 radical (unpaired) electrons. The largest absolute Gasteiger partial charge is 0.481 e. The number of aliphatic hydroxyl groups excluding tert-OH is 1. The van der Waals surface area contributed by atoms with Gasteiger partial charge in [0, 0.05) is 63.4 Å². The molecule has 0 aromatic heterocycles. The molecule has 2 atom stereocenters. The van der Waals surface area contributed by atoms with Gasteiger partial charge in [0.2, 0.25) is 18.2 Å². The molecule has 0 aliphatic carbocycles. The monoisotopic (exact) mass is 962 g/mol. The lowest BCUT2D eigenvalue weighted by Gasteiger charge is -2.17. The minimum absolute atomic E-state index is 0.0328. The van der Waals surface area contributed by atoms with Crippen molar-refractivity contribution >= 4 is 72.0 Å². The van der Waals surface area contributed by atoms with Gasteiger partial charge in [0.25, 0.3) is 23.6 Å². The van der Waals surface area contributed by atoms with Crippen molar-refractivity contribution in [3.63, 3.8) is 0 Å². The highest BCUT2D eigenvalue weighted by atomic mass is 16.7. The summed E-state index contributed by atoms with van der Waals surface area (Å²) in [5.41, 5.74) is 1.88. The zero-order valence-corrected chi connectivity index (χ0v) is 39.5. The van der Waals surface area contributed by atoms with E-state index in [-0.39, 0.29) is 62.3 Å². The molecule has 3 rings (SSSR count). The summed E-state index contributed by atoms with van der Waals surface area (Å²) < 4.78 is 0. The zero-order chi connectivity index (χ0) is 52.6. The van der Waals surface area contributed by atoms with Crippen molar-refractivity contribution in [2.24, 2.45) is 0 Å². The van der Waals surface area contributed by atoms with Gasteiger partial charge in [-0.25, -0.2) is 9.59 Å². The summed E-state index contributed by atoms with van der Waals surface area (Å²) in [6, 6.07) is 10.6. The smallest absolute Gasteiger partial charge is 0.363 e. The number of hydroxylamine groups is 2. The molecule has 2 unspecified atom stereocenters. The van der Waals surface area contributed by atoms with E-state index in [0.717, 1.165) is 19.0 Å². The summed E-state index contributed by atoms with van der Waals surface area (Å²) in [5, 5.41) is 45.3. The molecule has 0 saturated carbocycles. The summed E-state index contributed by atoms with van der Waals surface area (Å²) in [6.07, 6.45) is 2.54. The number of benzene rings is 2. The Morgan fingerprint density at radius 2 is 1.26 bits per heavy atom. The van der Waals surface area contributed by atoms with Gasteiger partial charge < -0.3 is 56.6 Å².